The second kappa shape index (κ2) is 8.60. The molecule has 3 aromatic rings. The highest BCUT2D eigenvalue weighted by Gasteiger charge is 2.24. The maximum atomic E-state index is 12.5. The second-order valence-electron chi connectivity index (χ2n) is 6.82. The number of nitrogens with one attached hydrogen (secondary N) is 1. The van der Waals surface area contributed by atoms with Gasteiger partial charge in [-0.2, -0.15) is 0 Å². The molecule has 1 aliphatic heterocycles. The molecule has 0 bridgehead atoms. The van der Waals surface area contributed by atoms with E-state index in [1.54, 1.807) is 29.3 Å². The summed E-state index contributed by atoms with van der Waals surface area (Å²) in [5.74, 6) is 0.0624. The molecule has 0 atom stereocenters. The molecule has 1 saturated heterocycles. The van der Waals surface area contributed by atoms with Crippen molar-refractivity contribution < 1.29 is 14.0 Å². The first-order valence-corrected chi connectivity index (χ1v) is 9.56. The summed E-state index contributed by atoms with van der Waals surface area (Å²) in [6, 6.07) is 16.8. The van der Waals surface area contributed by atoms with Crippen LogP contribution in [0, 0.1) is 0 Å². The summed E-state index contributed by atoms with van der Waals surface area (Å²) >= 11 is 0. The maximum absolute atomic E-state index is 12.5. The summed E-state index contributed by atoms with van der Waals surface area (Å²) in [5.41, 5.74) is 2.34. The van der Waals surface area contributed by atoms with Gasteiger partial charge in [-0.25, -0.2) is 0 Å². The average Bonchev–Trinajstić information content (AvgIpc) is 3.33. The van der Waals surface area contributed by atoms with Crippen LogP contribution < -0.4 is 10.2 Å². The van der Waals surface area contributed by atoms with Gasteiger partial charge in [0, 0.05) is 44.6 Å². The molecule has 2 aromatic heterocycles. The molecule has 0 radical (unpaired) electrons. The van der Waals surface area contributed by atoms with Gasteiger partial charge in [0.2, 0.25) is 0 Å². The number of piperazine rings is 1. The van der Waals surface area contributed by atoms with Crippen molar-refractivity contribution in [1.29, 1.82) is 0 Å². The molecule has 0 spiro atoms. The molecule has 1 fully saturated rings. The maximum Gasteiger partial charge on any atom is 0.289 e. The smallest absolute Gasteiger partial charge is 0.289 e. The Hall–Kier alpha value is -3.61. The second-order valence-corrected chi connectivity index (χ2v) is 6.82. The summed E-state index contributed by atoms with van der Waals surface area (Å²) < 4.78 is 5.20. The predicted molar refractivity (Wildman–Crippen MR) is 109 cm³/mol. The largest absolute Gasteiger partial charge is 0.459 e. The minimum absolute atomic E-state index is 0.0923. The highest BCUT2D eigenvalue weighted by Crippen LogP contribution is 2.18. The van der Waals surface area contributed by atoms with Crippen LogP contribution in [-0.4, -0.2) is 47.9 Å². The van der Waals surface area contributed by atoms with Crippen molar-refractivity contribution >= 4 is 17.5 Å². The lowest BCUT2D eigenvalue weighted by Gasteiger charge is -2.35. The third-order valence-corrected chi connectivity index (χ3v) is 4.94. The van der Waals surface area contributed by atoms with Gasteiger partial charge in [-0.3, -0.25) is 14.6 Å². The lowest BCUT2D eigenvalue weighted by atomic mass is 10.2. The van der Waals surface area contributed by atoms with Crippen molar-refractivity contribution in [2.45, 2.75) is 6.54 Å². The zero-order valence-electron chi connectivity index (χ0n) is 16.0. The van der Waals surface area contributed by atoms with Gasteiger partial charge in [0.25, 0.3) is 11.8 Å². The average molecular weight is 390 g/mol. The van der Waals surface area contributed by atoms with Gasteiger partial charge in [-0.05, 0) is 29.8 Å². The first kappa shape index (κ1) is 18.7. The zero-order chi connectivity index (χ0) is 20.1. The lowest BCUT2D eigenvalue weighted by molar-refractivity contribution is 0.0714. The number of benzene rings is 1. The number of anilines is 1. The Balaban J connectivity index is 1.35. The van der Waals surface area contributed by atoms with Gasteiger partial charge in [0.15, 0.2) is 5.76 Å². The van der Waals surface area contributed by atoms with Crippen molar-refractivity contribution in [3.05, 3.63) is 84.1 Å². The van der Waals surface area contributed by atoms with Crippen molar-refractivity contribution in [2.24, 2.45) is 0 Å². The molecular formula is C22H22N4O3. The van der Waals surface area contributed by atoms with Gasteiger partial charge in [0.1, 0.15) is 5.69 Å². The van der Waals surface area contributed by atoms with E-state index < -0.39 is 0 Å². The summed E-state index contributed by atoms with van der Waals surface area (Å²) in [4.78, 5) is 33.0. The van der Waals surface area contributed by atoms with E-state index >= 15 is 0 Å². The van der Waals surface area contributed by atoms with Crippen molar-refractivity contribution in [3.63, 3.8) is 0 Å². The Morgan fingerprint density at radius 2 is 1.79 bits per heavy atom. The standard InChI is InChI=1S/C22H22N4O3/c27-21(24-16-17-5-2-1-3-6-17)19-15-18(8-9-23-19)25-10-12-26(13-11-25)22(28)20-7-4-14-29-20/h1-9,14-15H,10-13,16H2,(H,24,27). The topological polar surface area (TPSA) is 78.7 Å². The van der Waals surface area contributed by atoms with Gasteiger partial charge < -0.3 is 19.5 Å². The van der Waals surface area contributed by atoms with E-state index in [1.807, 2.05) is 36.4 Å². The minimum atomic E-state index is -0.206. The Morgan fingerprint density at radius 1 is 1.00 bits per heavy atom. The number of amides is 2. The molecular weight excluding hydrogens is 368 g/mol. The number of rotatable bonds is 5. The number of hydrogen-bond acceptors (Lipinski definition) is 5. The number of nitrogens with zero attached hydrogens (tertiary/aromatic N) is 3. The van der Waals surface area contributed by atoms with Crippen molar-refractivity contribution in [1.82, 2.24) is 15.2 Å². The van der Waals surface area contributed by atoms with Crippen LogP contribution in [0.2, 0.25) is 0 Å². The van der Waals surface area contributed by atoms with Gasteiger partial charge in [-0.1, -0.05) is 30.3 Å². The molecule has 3 heterocycles. The fourth-order valence-electron chi connectivity index (χ4n) is 3.33. The van der Waals surface area contributed by atoms with Crippen LogP contribution in [0.1, 0.15) is 26.6 Å². The highest BCUT2D eigenvalue weighted by molar-refractivity contribution is 5.93. The monoisotopic (exact) mass is 390 g/mol. The molecule has 0 saturated carbocycles. The first-order chi connectivity index (χ1) is 14.2. The number of carbonyl (C=O) groups excluding carboxylic acids is 2. The molecule has 7 heteroatoms. The Labute approximate surface area is 169 Å². The molecule has 1 N–H and O–H groups in total. The number of hydrogen-bond donors (Lipinski definition) is 1. The Kier molecular flexibility index (Phi) is 5.56. The minimum Gasteiger partial charge on any atom is -0.459 e. The van der Waals surface area contributed by atoms with Crippen LogP contribution in [0.3, 0.4) is 0 Å². The normalized spacial score (nSPS) is 13.9. The van der Waals surface area contributed by atoms with E-state index in [0.29, 0.717) is 44.2 Å². The van der Waals surface area contributed by atoms with Gasteiger partial charge in [0.05, 0.1) is 6.26 Å². The van der Waals surface area contributed by atoms with E-state index in [4.69, 9.17) is 4.42 Å². The van der Waals surface area contributed by atoms with Crippen LogP contribution in [0.4, 0.5) is 5.69 Å². The Bertz CT molecular complexity index is 965. The van der Waals surface area contributed by atoms with E-state index in [2.05, 4.69) is 15.2 Å². The lowest BCUT2D eigenvalue weighted by Crippen LogP contribution is -2.48. The van der Waals surface area contributed by atoms with E-state index in [-0.39, 0.29) is 11.8 Å². The fourth-order valence-corrected chi connectivity index (χ4v) is 3.33. The summed E-state index contributed by atoms with van der Waals surface area (Å²) in [6.45, 7) is 3.01. The van der Waals surface area contributed by atoms with Crippen LogP contribution in [-0.2, 0) is 6.54 Å². The Morgan fingerprint density at radius 3 is 2.52 bits per heavy atom. The van der Waals surface area contributed by atoms with E-state index in [0.717, 1.165) is 11.3 Å². The summed E-state index contributed by atoms with van der Waals surface area (Å²) in [7, 11) is 0. The van der Waals surface area contributed by atoms with E-state index in [9.17, 15) is 9.59 Å². The zero-order valence-corrected chi connectivity index (χ0v) is 16.0. The van der Waals surface area contributed by atoms with Crippen LogP contribution in [0.15, 0.2) is 71.5 Å². The van der Waals surface area contributed by atoms with Gasteiger partial charge in [-0.15, -0.1) is 0 Å². The molecule has 1 aromatic carbocycles. The molecule has 4 rings (SSSR count). The SMILES string of the molecule is O=C(NCc1ccccc1)c1cc(N2CCN(C(=O)c3ccco3)CC2)ccn1. The summed E-state index contributed by atoms with van der Waals surface area (Å²) in [6.07, 6.45) is 3.15. The summed E-state index contributed by atoms with van der Waals surface area (Å²) in [5, 5.41) is 2.90. The van der Waals surface area contributed by atoms with Gasteiger partial charge >= 0.3 is 0 Å². The third kappa shape index (κ3) is 4.45. The number of aromatic nitrogens is 1. The number of pyridine rings is 1. The quantitative estimate of drug-likeness (QED) is 0.724. The predicted octanol–water partition coefficient (Wildman–Crippen LogP) is 2.57. The fraction of sp³-hybridized carbons (Fsp3) is 0.227. The number of carbonyl (C=O) groups is 2. The molecule has 148 valence electrons. The van der Waals surface area contributed by atoms with Crippen molar-refractivity contribution in [3.8, 4) is 0 Å². The van der Waals surface area contributed by atoms with Crippen LogP contribution in [0.5, 0.6) is 0 Å². The van der Waals surface area contributed by atoms with Crippen LogP contribution >= 0.6 is 0 Å². The van der Waals surface area contributed by atoms with E-state index in [1.165, 1.54) is 6.26 Å². The number of furan rings is 1. The third-order valence-electron chi connectivity index (χ3n) is 4.94. The molecule has 0 aliphatic carbocycles. The highest BCUT2D eigenvalue weighted by atomic mass is 16.3. The molecule has 2 amide bonds. The van der Waals surface area contributed by atoms with Crippen LogP contribution in [0.25, 0.3) is 0 Å². The first-order valence-electron chi connectivity index (χ1n) is 9.56. The molecule has 7 nitrogen and oxygen atoms in total. The molecule has 0 unspecified atom stereocenters. The molecule has 29 heavy (non-hydrogen) atoms. The van der Waals surface area contributed by atoms with Crippen molar-refractivity contribution in [2.75, 3.05) is 31.1 Å². The molecule has 1 aliphatic rings.